The van der Waals surface area contributed by atoms with Crippen molar-refractivity contribution in [3.05, 3.63) is 35.4 Å². The Hall–Kier alpha value is -0.910. The average molecular weight is 254 g/mol. The molecule has 0 unspecified atom stereocenters. The van der Waals surface area contributed by atoms with Gasteiger partial charge in [-0.2, -0.15) is 17.4 Å². The fraction of sp³-hybridized carbons (Fsp3) is 0.500. The van der Waals surface area contributed by atoms with Gasteiger partial charge in [0.25, 0.3) is 10.2 Å². The zero-order chi connectivity index (χ0) is 12.6. The molecule has 0 aliphatic heterocycles. The number of fused-ring (bicyclic) bond motifs is 1. The molecule has 17 heavy (non-hydrogen) atoms. The first-order valence-corrected chi connectivity index (χ1v) is 7.13. The van der Waals surface area contributed by atoms with Crippen molar-refractivity contribution in [1.82, 2.24) is 9.03 Å². The third-order valence-corrected chi connectivity index (χ3v) is 4.77. The maximum absolute atomic E-state index is 11.9. The van der Waals surface area contributed by atoms with Crippen molar-refractivity contribution in [1.29, 1.82) is 0 Å². The van der Waals surface area contributed by atoms with Crippen LogP contribution in [0.2, 0.25) is 0 Å². The number of nitrogens with one attached hydrogen (secondary N) is 1. The molecule has 0 saturated heterocycles. The minimum Gasteiger partial charge on any atom is -0.195 e. The van der Waals surface area contributed by atoms with Gasteiger partial charge in [-0.05, 0) is 23.5 Å². The minimum absolute atomic E-state index is 0.112. The summed E-state index contributed by atoms with van der Waals surface area (Å²) >= 11 is 0. The van der Waals surface area contributed by atoms with Gasteiger partial charge in [0.15, 0.2) is 0 Å². The topological polar surface area (TPSA) is 49.4 Å². The van der Waals surface area contributed by atoms with Crippen molar-refractivity contribution in [3.8, 4) is 0 Å². The smallest absolute Gasteiger partial charge is 0.195 e. The molecule has 5 heteroatoms. The average Bonchev–Trinajstić information content (AvgIpc) is 2.55. The molecule has 1 aliphatic rings. The summed E-state index contributed by atoms with van der Waals surface area (Å²) in [5.41, 5.74) is 2.34. The van der Waals surface area contributed by atoms with Crippen molar-refractivity contribution in [2.75, 3.05) is 14.1 Å². The van der Waals surface area contributed by atoms with E-state index in [1.807, 2.05) is 18.2 Å². The number of nitrogens with zero attached hydrogens (tertiary/aromatic N) is 1. The molecule has 1 aromatic carbocycles. The zero-order valence-corrected chi connectivity index (χ0v) is 11.2. The molecule has 0 fully saturated rings. The quantitative estimate of drug-likeness (QED) is 0.884. The highest BCUT2D eigenvalue weighted by Crippen LogP contribution is 2.36. The molecule has 0 spiro atoms. The maximum Gasteiger partial charge on any atom is 0.279 e. The van der Waals surface area contributed by atoms with E-state index in [9.17, 15) is 8.42 Å². The van der Waals surface area contributed by atoms with E-state index in [4.69, 9.17) is 0 Å². The minimum atomic E-state index is -3.37. The van der Waals surface area contributed by atoms with Crippen molar-refractivity contribution in [3.63, 3.8) is 0 Å². The van der Waals surface area contributed by atoms with Gasteiger partial charge in [-0.1, -0.05) is 31.2 Å². The first-order chi connectivity index (χ1) is 7.92. The predicted molar refractivity (Wildman–Crippen MR) is 67.8 cm³/mol. The first kappa shape index (κ1) is 12.5. The van der Waals surface area contributed by atoms with Crippen molar-refractivity contribution < 1.29 is 8.42 Å². The van der Waals surface area contributed by atoms with Crippen LogP contribution in [0.25, 0.3) is 0 Å². The van der Waals surface area contributed by atoms with E-state index in [2.05, 4.69) is 17.7 Å². The SMILES string of the molecule is C[C@H]1Cc2ccccc2[C@@H]1NS(=O)(=O)N(C)C. The van der Waals surface area contributed by atoms with Gasteiger partial charge in [-0.25, -0.2) is 0 Å². The summed E-state index contributed by atoms with van der Waals surface area (Å²) < 4.78 is 27.7. The molecule has 1 aromatic rings. The molecule has 1 aliphatic carbocycles. The molecule has 0 saturated carbocycles. The van der Waals surface area contributed by atoms with Gasteiger partial charge in [0.05, 0.1) is 6.04 Å². The van der Waals surface area contributed by atoms with Crippen LogP contribution in [0, 0.1) is 5.92 Å². The van der Waals surface area contributed by atoms with E-state index in [0.717, 1.165) is 12.0 Å². The molecule has 0 heterocycles. The van der Waals surface area contributed by atoms with Gasteiger partial charge in [0, 0.05) is 14.1 Å². The Kier molecular flexibility index (Phi) is 3.25. The fourth-order valence-electron chi connectivity index (χ4n) is 2.24. The van der Waals surface area contributed by atoms with Gasteiger partial charge in [0.2, 0.25) is 0 Å². The van der Waals surface area contributed by atoms with Gasteiger partial charge >= 0.3 is 0 Å². The molecule has 1 N–H and O–H groups in total. The molecular formula is C12H18N2O2S. The zero-order valence-electron chi connectivity index (χ0n) is 10.3. The van der Waals surface area contributed by atoms with Crippen molar-refractivity contribution >= 4 is 10.2 Å². The molecule has 2 rings (SSSR count). The lowest BCUT2D eigenvalue weighted by atomic mass is 10.0. The van der Waals surface area contributed by atoms with E-state index in [-0.39, 0.29) is 6.04 Å². The van der Waals surface area contributed by atoms with Gasteiger partial charge < -0.3 is 0 Å². The lowest BCUT2D eigenvalue weighted by molar-refractivity contribution is 0.439. The monoisotopic (exact) mass is 254 g/mol. The molecular weight excluding hydrogens is 236 g/mol. The second-order valence-electron chi connectivity index (χ2n) is 4.76. The van der Waals surface area contributed by atoms with Gasteiger partial charge in [0.1, 0.15) is 0 Å². The van der Waals surface area contributed by atoms with Crippen LogP contribution in [0.3, 0.4) is 0 Å². The van der Waals surface area contributed by atoms with Crippen LogP contribution >= 0.6 is 0 Å². The van der Waals surface area contributed by atoms with Crippen LogP contribution in [-0.2, 0) is 16.6 Å². The highest BCUT2D eigenvalue weighted by molar-refractivity contribution is 7.87. The van der Waals surface area contributed by atoms with Crippen LogP contribution in [0.4, 0.5) is 0 Å². The number of hydrogen-bond acceptors (Lipinski definition) is 2. The van der Waals surface area contributed by atoms with Crippen LogP contribution in [-0.4, -0.2) is 26.8 Å². The Morgan fingerprint density at radius 1 is 1.29 bits per heavy atom. The van der Waals surface area contributed by atoms with E-state index in [1.54, 1.807) is 0 Å². The highest BCUT2D eigenvalue weighted by Gasteiger charge is 2.32. The Balaban J connectivity index is 2.29. The summed E-state index contributed by atoms with van der Waals surface area (Å²) in [6, 6.07) is 7.90. The van der Waals surface area contributed by atoms with Crippen LogP contribution in [0.1, 0.15) is 24.1 Å². The summed E-state index contributed by atoms with van der Waals surface area (Å²) in [5, 5.41) is 0. The summed E-state index contributed by atoms with van der Waals surface area (Å²) in [5.74, 6) is 0.294. The van der Waals surface area contributed by atoms with Gasteiger partial charge in [-0.15, -0.1) is 0 Å². The highest BCUT2D eigenvalue weighted by atomic mass is 32.2. The van der Waals surface area contributed by atoms with Crippen LogP contribution in [0.15, 0.2) is 24.3 Å². The molecule has 0 radical (unpaired) electrons. The normalized spacial score (nSPS) is 24.0. The Morgan fingerprint density at radius 2 is 1.94 bits per heavy atom. The third kappa shape index (κ3) is 2.36. The number of hydrogen-bond donors (Lipinski definition) is 1. The molecule has 0 aromatic heterocycles. The predicted octanol–water partition coefficient (Wildman–Crippen LogP) is 1.32. The summed E-state index contributed by atoms with van der Waals surface area (Å²) in [7, 11) is -0.303. The molecule has 2 atom stereocenters. The molecule has 0 bridgehead atoms. The second kappa shape index (κ2) is 4.40. The summed E-state index contributed by atoms with van der Waals surface area (Å²) in [6.07, 6.45) is 0.927. The maximum atomic E-state index is 11.9. The van der Waals surface area contributed by atoms with Gasteiger partial charge in [-0.3, -0.25) is 0 Å². The van der Waals surface area contributed by atoms with E-state index < -0.39 is 10.2 Å². The standard InChI is InChI=1S/C12H18N2O2S/c1-9-8-10-6-4-5-7-11(10)12(9)13-17(15,16)14(2)3/h4-7,9,12-13H,8H2,1-3H3/t9-,12+/m0/s1. The van der Waals surface area contributed by atoms with Crippen LogP contribution in [0.5, 0.6) is 0 Å². The second-order valence-corrected chi connectivity index (χ2v) is 6.68. The Bertz CT molecular complexity index is 511. The third-order valence-electron chi connectivity index (χ3n) is 3.26. The lowest BCUT2D eigenvalue weighted by Crippen LogP contribution is -2.39. The Morgan fingerprint density at radius 3 is 2.59 bits per heavy atom. The molecule has 4 nitrogen and oxygen atoms in total. The number of rotatable bonds is 3. The molecule has 0 amide bonds. The molecule has 94 valence electrons. The van der Waals surface area contributed by atoms with E-state index >= 15 is 0 Å². The van der Waals surface area contributed by atoms with Crippen molar-refractivity contribution in [2.45, 2.75) is 19.4 Å². The largest absolute Gasteiger partial charge is 0.279 e. The summed E-state index contributed by atoms with van der Waals surface area (Å²) in [6.45, 7) is 2.07. The number of benzene rings is 1. The van der Waals surface area contributed by atoms with E-state index in [0.29, 0.717) is 5.92 Å². The van der Waals surface area contributed by atoms with E-state index in [1.165, 1.54) is 24.0 Å². The summed E-state index contributed by atoms with van der Waals surface area (Å²) in [4.78, 5) is 0. The first-order valence-electron chi connectivity index (χ1n) is 5.69. The fourth-order valence-corrected chi connectivity index (χ4v) is 3.13. The Labute approximate surface area is 103 Å². The van der Waals surface area contributed by atoms with Crippen LogP contribution < -0.4 is 4.72 Å². The van der Waals surface area contributed by atoms with Crippen molar-refractivity contribution in [2.24, 2.45) is 5.92 Å². The lowest BCUT2D eigenvalue weighted by Gasteiger charge is -2.21.